The van der Waals surface area contributed by atoms with Gasteiger partial charge in [-0.25, -0.2) is 4.98 Å². The Kier molecular flexibility index (Phi) is 6.98. The van der Waals surface area contributed by atoms with Gasteiger partial charge in [0.15, 0.2) is 0 Å². The Labute approximate surface area is 193 Å². The van der Waals surface area contributed by atoms with E-state index >= 15 is 0 Å². The minimum Gasteiger partial charge on any atom is -0.481 e. The molecular formula is C26H33N3O4. The van der Waals surface area contributed by atoms with Gasteiger partial charge in [-0.05, 0) is 68.2 Å². The lowest BCUT2D eigenvalue weighted by Gasteiger charge is -2.23. The van der Waals surface area contributed by atoms with E-state index in [0.717, 1.165) is 60.6 Å². The summed E-state index contributed by atoms with van der Waals surface area (Å²) in [5, 5.41) is 9.51. The maximum atomic E-state index is 11.9. The Morgan fingerprint density at radius 2 is 2.03 bits per heavy atom. The second-order valence-corrected chi connectivity index (χ2v) is 9.55. The van der Waals surface area contributed by atoms with E-state index < -0.39 is 5.97 Å². The van der Waals surface area contributed by atoms with Crippen LogP contribution in [-0.2, 0) is 22.5 Å². The molecule has 1 aliphatic rings. The maximum absolute atomic E-state index is 11.9. The van der Waals surface area contributed by atoms with Crippen molar-refractivity contribution in [2.75, 3.05) is 13.2 Å². The summed E-state index contributed by atoms with van der Waals surface area (Å²) >= 11 is 0. The topological polar surface area (TPSA) is 97.2 Å². The van der Waals surface area contributed by atoms with Crippen LogP contribution in [0.2, 0.25) is 0 Å². The van der Waals surface area contributed by atoms with Crippen molar-refractivity contribution >= 4 is 17.0 Å². The molecule has 1 aliphatic heterocycles. The first kappa shape index (κ1) is 23.2. The Morgan fingerprint density at radius 3 is 2.70 bits per heavy atom. The lowest BCUT2D eigenvalue weighted by Crippen LogP contribution is -2.21. The predicted molar refractivity (Wildman–Crippen MR) is 128 cm³/mol. The smallest absolute Gasteiger partial charge is 0.306 e. The van der Waals surface area contributed by atoms with Crippen LogP contribution < -0.4 is 5.56 Å². The molecule has 1 aromatic carbocycles. The molecule has 0 bridgehead atoms. The van der Waals surface area contributed by atoms with Crippen molar-refractivity contribution < 1.29 is 14.6 Å². The normalized spacial score (nSPS) is 15.9. The van der Waals surface area contributed by atoms with E-state index in [4.69, 9.17) is 9.72 Å². The summed E-state index contributed by atoms with van der Waals surface area (Å²) in [5.41, 5.74) is 4.51. The van der Waals surface area contributed by atoms with Crippen LogP contribution in [0.4, 0.5) is 0 Å². The van der Waals surface area contributed by atoms with Gasteiger partial charge in [-0.2, -0.15) is 0 Å². The number of hydrogen-bond donors (Lipinski definition) is 2. The van der Waals surface area contributed by atoms with Crippen LogP contribution in [0.15, 0.2) is 35.3 Å². The Morgan fingerprint density at radius 1 is 1.27 bits per heavy atom. The van der Waals surface area contributed by atoms with Crippen LogP contribution in [0.5, 0.6) is 0 Å². The van der Waals surface area contributed by atoms with Crippen LogP contribution in [-0.4, -0.2) is 38.8 Å². The lowest BCUT2D eigenvalue weighted by molar-refractivity contribution is -0.143. The fraction of sp³-hybridized carbons (Fsp3) is 0.500. The van der Waals surface area contributed by atoms with E-state index in [0.29, 0.717) is 24.3 Å². The number of carboxylic acids is 1. The number of aromatic nitrogens is 3. The number of fused-ring (bicyclic) bond motifs is 1. The number of imidazole rings is 1. The SMILES string of the molecule is Cc1cc(-c2nc3cc(CC[C@H](C(=O)O)C(C)C)ccc3n2CC2CCOCC2)c[nH]c1=O. The van der Waals surface area contributed by atoms with Crippen molar-refractivity contribution in [2.45, 2.75) is 53.0 Å². The number of aromatic amines is 1. The third kappa shape index (κ3) is 5.19. The number of carbonyl (C=O) groups is 1. The zero-order valence-corrected chi connectivity index (χ0v) is 19.6. The molecule has 0 unspecified atom stereocenters. The zero-order chi connectivity index (χ0) is 23.5. The van der Waals surface area contributed by atoms with Gasteiger partial charge in [-0.3, -0.25) is 9.59 Å². The van der Waals surface area contributed by atoms with Gasteiger partial charge in [0.25, 0.3) is 5.56 Å². The molecule has 3 aromatic rings. The number of H-pyrrole nitrogens is 1. The summed E-state index contributed by atoms with van der Waals surface area (Å²) in [5.74, 6) is 0.369. The monoisotopic (exact) mass is 451 g/mol. The lowest BCUT2D eigenvalue weighted by atomic mass is 9.90. The first-order chi connectivity index (χ1) is 15.8. The summed E-state index contributed by atoms with van der Waals surface area (Å²) in [7, 11) is 0. The molecule has 3 heterocycles. The third-order valence-corrected chi connectivity index (χ3v) is 6.81. The molecule has 7 heteroatoms. The van der Waals surface area contributed by atoms with Crippen LogP contribution in [0, 0.1) is 24.7 Å². The molecule has 176 valence electrons. The summed E-state index contributed by atoms with van der Waals surface area (Å²) in [6.07, 6.45) is 5.08. The molecule has 33 heavy (non-hydrogen) atoms. The zero-order valence-electron chi connectivity index (χ0n) is 19.6. The molecule has 0 saturated carbocycles. The van der Waals surface area contributed by atoms with Gasteiger partial charge in [-0.1, -0.05) is 19.9 Å². The quantitative estimate of drug-likeness (QED) is 0.529. The van der Waals surface area contributed by atoms with Gasteiger partial charge in [0.1, 0.15) is 5.82 Å². The Bertz CT molecular complexity index is 1190. The van der Waals surface area contributed by atoms with Crippen LogP contribution in [0.1, 0.15) is 44.2 Å². The first-order valence-corrected chi connectivity index (χ1v) is 11.8. The fourth-order valence-corrected chi connectivity index (χ4v) is 4.71. The molecule has 0 spiro atoms. The summed E-state index contributed by atoms with van der Waals surface area (Å²) in [6.45, 7) is 8.14. The molecule has 1 atom stereocenters. The molecular weight excluding hydrogens is 418 g/mol. The summed E-state index contributed by atoms with van der Waals surface area (Å²) in [4.78, 5) is 31.3. The van der Waals surface area contributed by atoms with E-state index in [1.165, 1.54) is 0 Å². The number of aryl methyl sites for hydroxylation is 2. The van der Waals surface area contributed by atoms with E-state index in [2.05, 4.69) is 27.8 Å². The minimum absolute atomic E-state index is 0.0914. The van der Waals surface area contributed by atoms with Gasteiger partial charge in [0, 0.05) is 37.1 Å². The molecule has 0 radical (unpaired) electrons. The largest absolute Gasteiger partial charge is 0.481 e. The molecule has 1 saturated heterocycles. The van der Waals surface area contributed by atoms with E-state index in [9.17, 15) is 14.7 Å². The van der Waals surface area contributed by atoms with Gasteiger partial charge in [0.05, 0.1) is 17.0 Å². The number of benzene rings is 1. The number of aliphatic carboxylic acids is 1. The van der Waals surface area contributed by atoms with Gasteiger partial charge >= 0.3 is 5.97 Å². The minimum atomic E-state index is -0.734. The van der Waals surface area contributed by atoms with Crippen LogP contribution in [0.3, 0.4) is 0 Å². The molecule has 7 nitrogen and oxygen atoms in total. The third-order valence-electron chi connectivity index (χ3n) is 6.81. The number of ether oxygens (including phenoxy) is 1. The highest BCUT2D eigenvalue weighted by molar-refractivity contribution is 5.81. The second kappa shape index (κ2) is 9.91. The Hall–Kier alpha value is -2.93. The van der Waals surface area contributed by atoms with Crippen molar-refractivity contribution in [3.8, 4) is 11.4 Å². The molecule has 4 rings (SSSR count). The van der Waals surface area contributed by atoms with Crippen molar-refractivity contribution in [3.05, 3.63) is 51.9 Å². The molecule has 1 fully saturated rings. The number of rotatable bonds is 8. The summed E-state index contributed by atoms with van der Waals surface area (Å²) in [6, 6.07) is 8.16. The van der Waals surface area contributed by atoms with Crippen molar-refractivity contribution in [3.63, 3.8) is 0 Å². The predicted octanol–water partition coefficient (Wildman–Crippen LogP) is 4.42. The fourth-order valence-electron chi connectivity index (χ4n) is 4.71. The van der Waals surface area contributed by atoms with Crippen molar-refractivity contribution in [1.82, 2.24) is 14.5 Å². The highest BCUT2D eigenvalue weighted by Crippen LogP contribution is 2.29. The molecule has 2 aromatic heterocycles. The highest BCUT2D eigenvalue weighted by atomic mass is 16.5. The second-order valence-electron chi connectivity index (χ2n) is 9.55. The van der Waals surface area contributed by atoms with E-state index in [1.807, 2.05) is 19.9 Å². The van der Waals surface area contributed by atoms with Gasteiger partial charge < -0.3 is 19.4 Å². The number of nitrogens with one attached hydrogen (secondary N) is 1. The van der Waals surface area contributed by atoms with Gasteiger partial charge in [-0.15, -0.1) is 0 Å². The average molecular weight is 452 g/mol. The molecule has 0 amide bonds. The van der Waals surface area contributed by atoms with Crippen molar-refractivity contribution in [2.24, 2.45) is 17.8 Å². The first-order valence-electron chi connectivity index (χ1n) is 11.8. The maximum Gasteiger partial charge on any atom is 0.306 e. The molecule has 0 aliphatic carbocycles. The number of nitrogens with zero attached hydrogens (tertiary/aromatic N) is 2. The number of pyridine rings is 1. The standard InChI is InChI=1S/C26H33N3O4/c1-16(2)21(26(31)32)6-4-18-5-7-23-22(13-18)28-24(20-12-17(3)25(30)27-14-20)29(23)15-19-8-10-33-11-9-19/h5,7,12-14,16,19,21H,4,6,8-11,15H2,1-3H3,(H,27,30)(H,31,32)/t21-/m0/s1. The summed E-state index contributed by atoms with van der Waals surface area (Å²) < 4.78 is 7.80. The average Bonchev–Trinajstić information content (AvgIpc) is 3.13. The van der Waals surface area contributed by atoms with Crippen LogP contribution in [0.25, 0.3) is 22.4 Å². The van der Waals surface area contributed by atoms with Gasteiger partial charge in [0.2, 0.25) is 0 Å². The van der Waals surface area contributed by atoms with E-state index in [1.54, 1.807) is 13.1 Å². The number of carboxylic acid groups (broad SMARTS) is 1. The van der Waals surface area contributed by atoms with E-state index in [-0.39, 0.29) is 17.4 Å². The van der Waals surface area contributed by atoms with Crippen LogP contribution >= 0.6 is 0 Å². The number of hydrogen-bond acceptors (Lipinski definition) is 4. The highest BCUT2D eigenvalue weighted by Gasteiger charge is 2.22. The van der Waals surface area contributed by atoms with Crippen molar-refractivity contribution in [1.29, 1.82) is 0 Å². The molecule has 2 N–H and O–H groups in total. The Balaban J connectivity index is 1.70.